The fourth-order valence-corrected chi connectivity index (χ4v) is 2.51. The number of hydrogen-bond donors (Lipinski definition) is 0. The van der Waals surface area contributed by atoms with E-state index < -0.39 is 11.9 Å². The minimum atomic E-state index is -4.50. The summed E-state index contributed by atoms with van der Waals surface area (Å²) in [6.45, 7) is 1.89. The van der Waals surface area contributed by atoms with Gasteiger partial charge >= 0.3 is 6.18 Å². The zero-order chi connectivity index (χ0) is 18.7. The molecule has 0 fully saturated rings. The largest absolute Gasteiger partial charge is 0.496 e. The molecule has 0 bridgehead atoms. The van der Waals surface area contributed by atoms with Crippen molar-refractivity contribution < 1.29 is 22.6 Å². The summed E-state index contributed by atoms with van der Waals surface area (Å²) < 4.78 is 49.0. The van der Waals surface area contributed by atoms with Crippen molar-refractivity contribution in [2.45, 2.75) is 13.1 Å². The van der Waals surface area contributed by atoms with E-state index in [1.54, 1.807) is 13.3 Å². The van der Waals surface area contributed by atoms with E-state index in [0.717, 1.165) is 23.4 Å². The van der Waals surface area contributed by atoms with Crippen molar-refractivity contribution in [3.8, 4) is 28.5 Å². The molecule has 26 heavy (non-hydrogen) atoms. The molecule has 0 aliphatic heterocycles. The van der Waals surface area contributed by atoms with Gasteiger partial charge in [-0.3, -0.25) is 0 Å². The highest BCUT2D eigenvalue weighted by molar-refractivity contribution is 5.77. The molecule has 2 heterocycles. The Morgan fingerprint density at radius 1 is 0.962 bits per heavy atom. The van der Waals surface area contributed by atoms with Crippen LogP contribution in [0.15, 0.2) is 54.9 Å². The number of para-hydroxylation sites is 1. The predicted molar refractivity (Wildman–Crippen MR) is 90.3 cm³/mol. The number of rotatable bonds is 4. The van der Waals surface area contributed by atoms with Gasteiger partial charge in [-0.1, -0.05) is 18.2 Å². The summed E-state index contributed by atoms with van der Waals surface area (Å²) in [6, 6.07) is 11.3. The summed E-state index contributed by atoms with van der Waals surface area (Å²) in [6.07, 6.45) is -1.90. The van der Waals surface area contributed by atoms with Gasteiger partial charge in [0.2, 0.25) is 5.88 Å². The molecule has 4 nitrogen and oxygen atoms in total. The van der Waals surface area contributed by atoms with Gasteiger partial charge < -0.3 is 9.47 Å². The van der Waals surface area contributed by atoms with Crippen LogP contribution in [0.3, 0.4) is 0 Å². The molecule has 0 radical (unpaired) electrons. The van der Waals surface area contributed by atoms with Crippen molar-refractivity contribution in [3.63, 3.8) is 0 Å². The minimum absolute atomic E-state index is 0.159. The van der Waals surface area contributed by atoms with Gasteiger partial charge in [0.05, 0.1) is 18.9 Å². The Morgan fingerprint density at radius 3 is 2.38 bits per heavy atom. The number of halogens is 3. The van der Waals surface area contributed by atoms with Crippen LogP contribution in [0.2, 0.25) is 0 Å². The molecule has 7 heteroatoms. The quantitative estimate of drug-likeness (QED) is 0.636. The summed E-state index contributed by atoms with van der Waals surface area (Å²) in [4.78, 5) is 7.63. The predicted octanol–water partition coefficient (Wildman–Crippen LogP) is 5.27. The second kappa shape index (κ2) is 7.03. The molecule has 0 amide bonds. The second-order valence-corrected chi connectivity index (χ2v) is 5.49. The number of aromatic nitrogens is 2. The lowest BCUT2D eigenvalue weighted by molar-refractivity contribution is -0.141. The lowest BCUT2D eigenvalue weighted by atomic mass is 10.0. The number of alkyl halides is 3. The number of benzene rings is 1. The van der Waals surface area contributed by atoms with Gasteiger partial charge in [-0.2, -0.15) is 13.2 Å². The minimum Gasteiger partial charge on any atom is -0.496 e. The van der Waals surface area contributed by atoms with E-state index in [0.29, 0.717) is 11.3 Å². The number of aryl methyl sites for hydroxylation is 1. The van der Waals surface area contributed by atoms with Crippen molar-refractivity contribution in [1.82, 2.24) is 9.97 Å². The maximum absolute atomic E-state index is 12.6. The fraction of sp³-hybridized carbons (Fsp3) is 0.158. The highest BCUT2D eigenvalue weighted by Crippen LogP contribution is 2.39. The summed E-state index contributed by atoms with van der Waals surface area (Å²) in [5.74, 6) is 1.06. The monoisotopic (exact) mass is 360 g/mol. The highest BCUT2D eigenvalue weighted by Gasteiger charge is 2.32. The molecule has 0 atom stereocenters. The first-order valence-corrected chi connectivity index (χ1v) is 7.70. The van der Waals surface area contributed by atoms with E-state index in [1.807, 2.05) is 37.3 Å². The van der Waals surface area contributed by atoms with E-state index in [-0.39, 0.29) is 11.6 Å². The third-order valence-electron chi connectivity index (χ3n) is 3.74. The van der Waals surface area contributed by atoms with Crippen molar-refractivity contribution in [2.75, 3.05) is 7.11 Å². The van der Waals surface area contributed by atoms with E-state index >= 15 is 0 Å². The standard InChI is InChI=1S/C19H15F3N2O2/c1-12-9-10-23-18(17(12)14-5-3-4-6-15(14)25-2)26-13-7-8-16(24-11-13)19(20,21)22/h3-11H,1-2H3. The molecular formula is C19H15F3N2O2. The average Bonchev–Trinajstić information content (AvgIpc) is 2.62. The Kier molecular flexibility index (Phi) is 4.79. The first-order chi connectivity index (χ1) is 12.4. The summed E-state index contributed by atoms with van der Waals surface area (Å²) in [5.41, 5.74) is 1.38. The smallest absolute Gasteiger partial charge is 0.433 e. The van der Waals surface area contributed by atoms with Crippen LogP contribution in [0.25, 0.3) is 11.1 Å². The molecule has 134 valence electrons. The molecule has 0 aliphatic rings. The molecule has 0 saturated carbocycles. The Balaban J connectivity index is 2.01. The lowest BCUT2D eigenvalue weighted by Crippen LogP contribution is -2.07. The molecule has 0 saturated heterocycles. The first-order valence-electron chi connectivity index (χ1n) is 7.70. The average molecular weight is 360 g/mol. The van der Waals surface area contributed by atoms with Crippen molar-refractivity contribution in [3.05, 3.63) is 66.1 Å². The lowest BCUT2D eigenvalue weighted by Gasteiger charge is -2.15. The molecule has 0 unspecified atom stereocenters. The van der Waals surface area contributed by atoms with Crippen LogP contribution in [0.5, 0.6) is 17.4 Å². The molecule has 0 N–H and O–H groups in total. The van der Waals surface area contributed by atoms with E-state index in [9.17, 15) is 13.2 Å². The highest BCUT2D eigenvalue weighted by atomic mass is 19.4. The Hall–Kier alpha value is -3.09. The topological polar surface area (TPSA) is 44.2 Å². The molecular weight excluding hydrogens is 345 g/mol. The van der Waals surface area contributed by atoms with Gasteiger partial charge in [0.1, 0.15) is 17.2 Å². The normalized spacial score (nSPS) is 11.3. The summed E-state index contributed by atoms with van der Waals surface area (Å²) in [5, 5.41) is 0. The van der Waals surface area contributed by atoms with Crippen LogP contribution in [0.1, 0.15) is 11.3 Å². The second-order valence-electron chi connectivity index (χ2n) is 5.49. The van der Waals surface area contributed by atoms with Gasteiger partial charge in [0.25, 0.3) is 0 Å². The molecule has 0 aliphatic carbocycles. The third-order valence-corrected chi connectivity index (χ3v) is 3.74. The number of pyridine rings is 2. The van der Waals surface area contributed by atoms with Crippen LogP contribution in [-0.4, -0.2) is 17.1 Å². The first kappa shape index (κ1) is 17.7. The molecule has 2 aromatic heterocycles. The SMILES string of the molecule is COc1ccccc1-c1c(C)ccnc1Oc1ccc(C(F)(F)F)nc1. The van der Waals surface area contributed by atoms with Gasteiger partial charge in [-0.05, 0) is 36.8 Å². The summed E-state index contributed by atoms with van der Waals surface area (Å²) >= 11 is 0. The van der Waals surface area contributed by atoms with Crippen LogP contribution >= 0.6 is 0 Å². The van der Waals surface area contributed by atoms with Gasteiger partial charge in [-0.15, -0.1) is 0 Å². The van der Waals surface area contributed by atoms with Gasteiger partial charge in [0, 0.05) is 11.8 Å². The zero-order valence-corrected chi connectivity index (χ0v) is 14.0. The van der Waals surface area contributed by atoms with Crippen LogP contribution in [-0.2, 0) is 6.18 Å². The number of nitrogens with zero attached hydrogens (tertiary/aromatic N) is 2. The van der Waals surface area contributed by atoms with Crippen molar-refractivity contribution in [1.29, 1.82) is 0 Å². The third kappa shape index (κ3) is 3.61. The molecule has 3 rings (SSSR count). The van der Waals surface area contributed by atoms with Crippen LogP contribution < -0.4 is 9.47 Å². The van der Waals surface area contributed by atoms with E-state index in [1.165, 1.54) is 6.07 Å². The van der Waals surface area contributed by atoms with E-state index in [4.69, 9.17) is 9.47 Å². The molecule has 0 spiro atoms. The van der Waals surface area contributed by atoms with Crippen molar-refractivity contribution in [2.24, 2.45) is 0 Å². The Bertz CT molecular complexity index is 909. The molecule has 1 aromatic carbocycles. The van der Waals surface area contributed by atoms with Crippen molar-refractivity contribution >= 4 is 0 Å². The summed E-state index contributed by atoms with van der Waals surface area (Å²) in [7, 11) is 1.56. The molecule has 3 aromatic rings. The number of hydrogen-bond acceptors (Lipinski definition) is 4. The van der Waals surface area contributed by atoms with Gasteiger partial charge in [-0.25, -0.2) is 9.97 Å². The van der Waals surface area contributed by atoms with E-state index in [2.05, 4.69) is 9.97 Å². The maximum atomic E-state index is 12.6. The fourth-order valence-electron chi connectivity index (χ4n) is 2.51. The number of methoxy groups -OCH3 is 1. The Morgan fingerprint density at radius 2 is 1.73 bits per heavy atom. The maximum Gasteiger partial charge on any atom is 0.433 e. The van der Waals surface area contributed by atoms with Gasteiger partial charge in [0.15, 0.2) is 0 Å². The number of ether oxygens (including phenoxy) is 2. The zero-order valence-electron chi connectivity index (χ0n) is 14.0. The van der Waals surface area contributed by atoms with Crippen LogP contribution in [0, 0.1) is 6.92 Å². The Labute approximate surface area is 148 Å². The van der Waals surface area contributed by atoms with Crippen LogP contribution in [0.4, 0.5) is 13.2 Å².